The third-order valence-corrected chi connectivity index (χ3v) is 9.20. The molecule has 1 aliphatic rings. The van der Waals surface area contributed by atoms with Crippen molar-refractivity contribution in [3.8, 4) is 17.0 Å². The number of H-pyrrole nitrogens is 1. The molecule has 4 rings (SSSR count). The second-order valence-corrected chi connectivity index (χ2v) is 13.6. The Balaban J connectivity index is 1.68. The third kappa shape index (κ3) is 8.55. The van der Waals surface area contributed by atoms with Crippen molar-refractivity contribution in [3.63, 3.8) is 0 Å². The Labute approximate surface area is 283 Å². The summed E-state index contributed by atoms with van der Waals surface area (Å²) in [5, 5.41) is 13.0. The quantitative estimate of drug-likeness (QED) is 0.194. The first-order valence-corrected chi connectivity index (χ1v) is 16.7. The molecule has 0 radical (unpaired) electrons. The fourth-order valence-electron chi connectivity index (χ4n) is 6.88. The van der Waals surface area contributed by atoms with Crippen molar-refractivity contribution in [3.05, 3.63) is 74.8 Å². The maximum absolute atomic E-state index is 13.9. The van der Waals surface area contributed by atoms with Crippen LogP contribution in [0.5, 0.6) is 5.88 Å². The van der Waals surface area contributed by atoms with Crippen molar-refractivity contribution in [2.75, 3.05) is 31.8 Å². The molecule has 1 aromatic carbocycles. The van der Waals surface area contributed by atoms with E-state index >= 15 is 0 Å². The number of carboxylic acid groups (broad SMARTS) is 1. The summed E-state index contributed by atoms with van der Waals surface area (Å²) < 4.78 is 10.7. The third-order valence-electron chi connectivity index (χ3n) is 9.20. The van der Waals surface area contributed by atoms with Crippen LogP contribution in [0.3, 0.4) is 0 Å². The molecule has 0 unspecified atom stereocenters. The monoisotopic (exact) mass is 661 g/mol. The summed E-state index contributed by atoms with van der Waals surface area (Å²) in [4.78, 5) is 50.0. The molecule has 0 saturated heterocycles. The van der Waals surface area contributed by atoms with Gasteiger partial charge in [0.15, 0.2) is 0 Å². The number of nitrogens with zero attached hydrogens (tertiary/aromatic N) is 3. The number of amides is 2. The molecular formula is C37H51N5O6. The second-order valence-electron chi connectivity index (χ2n) is 13.6. The van der Waals surface area contributed by atoms with Gasteiger partial charge in [-0.3, -0.25) is 9.59 Å². The van der Waals surface area contributed by atoms with Gasteiger partial charge in [0.05, 0.1) is 6.61 Å². The Kier molecular flexibility index (Phi) is 11.9. The maximum Gasteiger partial charge on any atom is 0.407 e. The summed E-state index contributed by atoms with van der Waals surface area (Å²) in [5.41, 5.74) is 5.38. The molecule has 0 bridgehead atoms. The van der Waals surface area contributed by atoms with Crippen LogP contribution >= 0.6 is 0 Å². The number of anilines is 1. The molecule has 260 valence electrons. The van der Waals surface area contributed by atoms with E-state index in [4.69, 9.17) is 9.47 Å². The van der Waals surface area contributed by atoms with Crippen LogP contribution in [-0.2, 0) is 11.3 Å². The SMILES string of the molecule is CCN(c1cc(-c2ccc(OCCOC)nc2)cc(C(=O)NCc2c(C)cc(C)[nH]c2=O)c1C)C1CCC(N(C(=O)O)C(C)(C)C)CC1. The summed E-state index contributed by atoms with van der Waals surface area (Å²) in [5.74, 6) is 0.210. The van der Waals surface area contributed by atoms with Gasteiger partial charge in [0, 0.05) is 78.2 Å². The molecule has 2 aromatic heterocycles. The lowest BCUT2D eigenvalue weighted by atomic mass is 9.86. The maximum atomic E-state index is 13.9. The zero-order valence-corrected chi connectivity index (χ0v) is 29.6. The molecule has 2 amide bonds. The Hall–Kier alpha value is -4.38. The van der Waals surface area contributed by atoms with Gasteiger partial charge in [-0.2, -0.15) is 0 Å². The van der Waals surface area contributed by atoms with Crippen LogP contribution in [0.25, 0.3) is 11.1 Å². The van der Waals surface area contributed by atoms with Crippen molar-refractivity contribution in [1.82, 2.24) is 20.2 Å². The molecular weight excluding hydrogens is 610 g/mol. The molecule has 11 nitrogen and oxygen atoms in total. The number of benzene rings is 1. The summed E-state index contributed by atoms with van der Waals surface area (Å²) in [6.45, 7) is 15.3. The number of aromatic nitrogens is 2. The van der Waals surface area contributed by atoms with Crippen molar-refractivity contribution < 1.29 is 24.2 Å². The van der Waals surface area contributed by atoms with Crippen molar-refractivity contribution >= 4 is 17.7 Å². The number of pyridine rings is 2. The largest absolute Gasteiger partial charge is 0.475 e. The number of rotatable bonds is 12. The molecule has 0 atom stereocenters. The first kappa shape index (κ1) is 36.5. The van der Waals surface area contributed by atoms with Crippen molar-refractivity contribution in [1.29, 1.82) is 0 Å². The van der Waals surface area contributed by atoms with Gasteiger partial charge in [-0.05, 0) is 115 Å². The normalized spacial score (nSPS) is 16.3. The summed E-state index contributed by atoms with van der Waals surface area (Å²) >= 11 is 0. The highest BCUT2D eigenvalue weighted by atomic mass is 16.5. The lowest BCUT2D eigenvalue weighted by molar-refractivity contribution is 0.0545. The molecule has 2 heterocycles. The van der Waals surface area contributed by atoms with Crippen LogP contribution in [-0.4, -0.2) is 76.5 Å². The van der Waals surface area contributed by atoms with E-state index in [1.54, 1.807) is 24.3 Å². The lowest BCUT2D eigenvalue weighted by Gasteiger charge is -2.45. The summed E-state index contributed by atoms with van der Waals surface area (Å²) in [6, 6.07) is 9.74. The Bertz CT molecular complexity index is 1640. The molecule has 1 saturated carbocycles. The van der Waals surface area contributed by atoms with E-state index in [0.717, 1.165) is 59.3 Å². The van der Waals surface area contributed by atoms with E-state index < -0.39 is 11.6 Å². The van der Waals surface area contributed by atoms with E-state index in [1.165, 1.54) is 0 Å². The number of carbonyl (C=O) groups excluding carboxylic acids is 1. The molecule has 0 aliphatic heterocycles. The predicted octanol–water partition coefficient (Wildman–Crippen LogP) is 6.23. The highest BCUT2D eigenvalue weighted by Gasteiger charge is 2.37. The fraction of sp³-hybridized carbons (Fsp3) is 0.514. The number of ether oxygens (including phenoxy) is 2. The van der Waals surface area contributed by atoms with Gasteiger partial charge in [-0.1, -0.05) is 0 Å². The standard InChI is InChI=1S/C37H51N5O6/c1-9-41(28-11-13-29(14-12-28)42(36(45)46)37(5,6)7)32-20-27(26-10-15-33(38-21-26)48-17-16-47-8)19-30(25(32)4)34(43)39-22-31-23(2)18-24(3)40-35(31)44/h10,15,18-21,28-29H,9,11-14,16-17,22H2,1-8H3,(H,39,43)(H,40,44)(H,45,46). The van der Waals surface area contributed by atoms with Crippen LogP contribution in [0.1, 0.15) is 86.1 Å². The molecule has 0 spiro atoms. The Morgan fingerprint density at radius 2 is 1.71 bits per heavy atom. The smallest absolute Gasteiger partial charge is 0.407 e. The highest BCUT2D eigenvalue weighted by molar-refractivity contribution is 5.99. The van der Waals surface area contributed by atoms with Gasteiger partial charge in [0.2, 0.25) is 5.88 Å². The highest BCUT2D eigenvalue weighted by Crippen LogP contribution is 2.37. The number of hydrogen-bond donors (Lipinski definition) is 3. The van der Waals surface area contributed by atoms with Crippen molar-refractivity contribution in [2.24, 2.45) is 0 Å². The minimum Gasteiger partial charge on any atom is -0.475 e. The van der Waals surface area contributed by atoms with Crippen LogP contribution in [0, 0.1) is 20.8 Å². The predicted molar refractivity (Wildman–Crippen MR) is 188 cm³/mol. The van der Waals surface area contributed by atoms with Crippen LogP contribution in [0.2, 0.25) is 0 Å². The molecule has 11 heteroatoms. The summed E-state index contributed by atoms with van der Waals surface area (Å²) in [6.07, 6.45) is 4.03. The van der Waals surface area contributed by atoms with Gasteiger partial charge in [0.25, 0.3) is 11.5 Å². The number of aryl methyl sites for hydroxylation is 2. The van der Waals surface area contributed by atoms with Gasteiger partial charge in [0.1, 0.15) is 6.61 Å². The van der Waals surface area contributed by atoms with Crippen LogP contribution in [0.4, 0.5) is 10.5 Å². The number of methoxy groups -OCH3 is 1. The van der Waals surface area contributed by atoms with Gasteiger partial charge >= 0.3 is 6.09 Å². The Morgan fingerprint density at radius 1 is 1.02 bits per heavy atom. The zero-order chi connectivity index (χ0) is 35.2. The van der Waals surface area contributed by atoms with E-state index in [9.17, 15) is 19.5 Å². The molecule has 48 heavy (non-hydrogen) atoms. The Morgan fingerprint density at radius 3 is 2.27 bits per heavy atom. The minimum absolute atomic E-state index is 0.0460. The fourth-order valence-corrected chi connectivity index (χ4v) is 6.88. The number of carbonyl (C=O) groups is 2. The first-order chi connectivity index (χ1) is 22.7. The van der Waals surface area contributed by atoms with E-state index in [1.807, 2.05) is 59.7 Å². The minimum atomic E-state index is -0.885. The zero-order valence-electron chi connectivity index (χ0n) is 29.6. The molecule has 1 aliphatic carbocycles. The van der Waals surface area contributed by atoms with E-state index in [0.29, 0.717) is 36.8 Å². The van der Waals surface area contributed by atoms with Gasteiger partial charge in [-0.15, -0.1) is 0 Å². The van der Waals surface area contributed by atoms with Crippen LogP contribution < -0.4 is 20.5 Å². The molecule has 1 fully saturated rings. The topological polar surface area (TPSA) is 137 Å². The number of hydrogen-bond acceptors (Lipinski definition) is 7. The second kappa shape index (κ2) is 15.7. The molecule has 3 N–H and O–H groups in total. The average Bonchev–Trinajstić information content (AvgIpc) is 3.02. The average molecular weight is 662 g/mol. The molecule has 3 aromatic rings. The van der Waals surface area contributed by atoms with Gasteiger partial charge in [-0.25, -0.2) is 9.78 Å². The van der Waals surface area contributed by atoms with E-state index in [-0.39, 0.29) is 30.1 Å². The first-order valence-electron chi connectivity index (χ1n) is 16.7. The van der Waals surface area contributed by atoms with Gasteiger partial charge < -0.3 is 34.7 Å². The number of nitrogens with one attached hydrogen (secondary N) is 2. The number of aromatic amines is 1. The van der Waals surface area contributed by atoms with Crippen LogP contribution in [0.15, 0.2) is 41.3 Å². The van der Waals surface area contributed by atoms with E-state index in [2.05, 4.69) is 33.2 Å². The van der Waals surface area contributed by atoms with Crippen molar-refractivity contribution in [2.45, 2.75) is 98.3 Å². The lowest BCUT2D eigenvalue weighted by Crippen LogP contribution is -2.53. The summed E-state index contributed by atoms with van der Waals surface area (Å²) in [7, 11) is 1.62.